The Hall–Kier alpha value is -0.950. The fourth-order valence-electron chi connectivity index (χ4n) is 2.27. The second kappa shape index (κ2) is 3.57. The van der Waals surface area contributed by atoms with E-state index in [1.54, 1.807) is 5.56 Å². The maximum Gasteiger partial charge on any atom is 0.0186 e. The van der Waals surface area contributed by atoms with Gasteiger partial charge in [0.25, 0.3) is 0 Å². The van der Waals surface area contributed by atoms with E-state index >= 15 is 0 Å². The SMILES string of the molecule is CCC1Cc2ccc3ccccc3c2S1. The molecule has 1 unspecified atom stereocenters. The summed E-state index contributed by atoms with van der Waals surface area (Å²) < 4.78 is 0. The van der Waals surface area contributed by atoms with Gasteiger partial charge in [-0.1, -0.05) is 43.3 Å². The van der Waals surface area contributed by atoms with Gasteiger partial charge in [-0.3, -0.25) is 0 Å². The van der Waals surface area contributed by atoms with E-state index in [0.717, 1.165) is 5.25 Å². The standard InChI is InChI=1S/C14H14S/c1-2-12-9-11-8-7-10-5-3-4-6-13(10)14(11)15-12/h3-8,12H,2,9H2,1H3. The normalized spacial score (nSPS) is 19.4. The molecule has 2 aromatic rings. The Morgan fingerprint density at radius 1 is 1.20 bits per heavy atom. The second-order valence-electron chi connectivity index (χ2n) is 4.13. The van der Waals surface area contributed by atoms with Crippen molar-refractivity contribution in [1.82, 2.24) is 0 Å². The van der Waals surface area contributed by atoms with Crippen molar-refractivity contribution in [3.05, 3.63) is 42.0 Å². The van der Waals surface area contributed by atoms with Crippen LogP contribution in [0.25, 0.3) is 10.8 Å². The van der Waals surface area contributed by atoms with Crippen molar-refractivity contribution in [1.29, 1.82) is 0 Å². The van der Waals surface area contributed by atoms with Crippen LogP contribution in [0.15, 0.2) is 41.3 Å². The first-order valence-corrected chi connectivity index (χ1v) is 6.43. The van der Waals surface area contributed by atoms with Crippen LogP contribution in [0.2, 0.25) is 0 Å². The molecule has 3 rings (SSSR count). The van der Waals surface area contributed by atoms with Gasteiger partial charge >= 0.3 is 0 Å². The molecule has 2 aromatic carbocycles. The molecular weight excluding hydrogens is 200 g/mol. The van der Waals surface area contributed by atoms with Crippen LogP contribution in [0.1, 0.15) is 18.9 Å². The summed E-state index contributed by atoms with van der Waals surface area (Å²) in [4.78, 5) is 1.53. The monoisotopic (exact) mass is 214 g/mol. The minimum absolute atomic E-state index is 0.797. The van der Waals surface area contributed by atoms with Crippen molar-refractivity contribution in [2.75, 3.05) is 0 Å². The summed E-state index contributed by atoms with van der Waals surface area (Å²) in [6.07, 6.45) is 2.52. The third kappa shape index (κ3) is 1.46. The molecule has 0 radical (unpaired) electrons. The van der Waals surface area contributed by atoms with Gasteiger partial charge in [0, 0.05) is 10.1 Å². The van der Waals surface area contributed by atoms with Crippen LogP contribution in [0.4, 0.5) is 0 Å². The highest BCUT2D eigenvalue weighted by Crippen LogP contribution is 2.42. The van der Waals surface area contributed by atoms with Crippen LogP contribution >= 0.6 is 11.8 Å². The third-order valence-corrected chi connectivity index (χ3v) is 4.70. The molecule has 0 aromatic heterocycles. The molecule has 0 saturated heterocycles. The van der Waals surface area contributed by atoms with Crippen LogP contribution in [0, 0.1) is 0 Å². The van der Waals surface area contributed by atoms with Gasteiger partial charge in [-0.25, -0.2) is 0 Å². The molecule has 15 heavy (non-hydrogen) atoms. The highest BCUT2D eigenvalue weighted by molar-refractivity contribution is 8.00. The molecule has 1 heterocycles. The van der Waals surface area contributed by atoms with Gasteiger partial charge < -0.3 is 0 Å². The maximum absolute atomic E-state index is 2.31. The van der Waals surface area contributed by atoms with Gasteiger partial charge in [0.05, 0.1) is 0 Å². The minimum Gasteiger partial charge on any atom is -0.121 e. The molecule has 0 spiro atoms. The summed E-state index contributed by atoms with van der Waals surface area (Å²) in [5.41, 5.74) is 1.55. The van der Waals surface area contributed by atoms with Crippen LogP contribution in [0.5, 0.6) is 0 Å². The molecule has 0 fully saturated rings. The molecular formula is C14H14S. The van der Waals surface area contributed by atoms with E-state index in [4.69, 9.17) is 0 Å². The maximum atomic E-state index is 2.31. The van der Waals surface area contributed by atoms with E-state index in [-0.39, 0.29) is 0 Å². The largest absolute Gasteiger partial charge is 0.121 e. The molecule has 76 valence electrons. The molecule has 0 nitrogen and oxygen atoms in total. The van der Waals surface area contributed by atoms with Gasteiger partial charge in [-0.05, 0) is 29.2 Å². The van der Waals surface area contributed by atoms with E-state index in [2.05, 4.69) is 55.1 Å². The highest BCUT2D eigenvalue weighted by Gasteiger charge is 2.22. The number of fused-ring (bicyclic) bond motifs is 3. The van der Waals surface area contributed by atoms with E-state index < -0.39 is 0 Å². The van der Waals surface area contributed by atoms with Crippen LogP contribution in [0.3, 0.4) is 0 Å². The van der Waals surface area contributed by atoms with Crippen molar-refractivity contribution in [3.63, 3.8) is 0 Å². The summed E-state index contributed by atoms with van der Waals surface area (Å²) in [5.74, 6) is 0. The van der Waals surface area contributed by atoms with Crippen LogP contribution in [-0.2, 0) is 6.42 Å². The summed E-state index contributed by atoms with van der Waals surface area (Å²) in [5, 5.41) is 3.61. The second-order valence-corrected chi connectivity index (χ2v) is 5.44. The number of benzene rings is 2. The summed E-state index contributed by atoms with van der Waals surface area (Å²) in [6.45, 7) is 2.28. The molecule has 0 aliphatic carbocycles. The predicted octanol–water partition coefficient (Wildman–Crippen LogP) is 4.27. The van der Waals surface area contributed by atoms with E-state index in [9.17, 15) is 0 Å². The van der Waals surface area contributed by atoms with Crippen LogP contribution in [-0.4, -0.2) is 5.25 Å². The predicted molar refractivity (Wildman–Crippen MR) is 67.6 cm³/mol. The van der Waals surface area contributed by atoms with Crippen molar-refractivity contribution in [3.8, 4) is 0 Å². The Morgan fingerprint density at radius 3 is 2.93 bits per heavy atom. The van der Waals surface area contributed by atoms with E-state index in [0.29, 0.717) is 0 Å². The Labute approximate surface area is 94.7 Å². The van der Waals surface area contributed by atoms with Crippen molar-refractivity contribution in [2.24, 2.45) is 0 Å². The molecule has 0 amide bonds. The Bertz CT molecular complexity index is 502. The summed E-state index contributed by atoms with van der Waals surface area (Å²) in [6, 6.07) is 13.3. The van der Waals surface area contributed by atoms with Crippen molar-refractivity contribution < 1.29 is 0 Å². The quantitative estimate of drug-likeness (QED) is 0.683. The van der Waals surface area contributed by atoms with E-state index in [1.165, 1.54) is 28.5 Å². The zero-order valence-corrected chi connectivity index (χ0v) is 9.68. The molecule has 1 aliphatic rings. The zero-order valence-electron chi connectivity index (χ0n) is 8.86. The number of hydrogen-bond acceptors (Lipinski definition) is 1. The Balaban J connectivity index is 2.20. The first-order valence-electron chi connectivity index (χ1n) is 5.56. The lowest BCUT2D eigenvalue weighted by atomic mass is 10.0. The fraction of sp³-hybridized carbons (Fsp3) is 0.286. The number of rotatable bonds is 1. The summed E-state index contributed by atoms with van der Waals surface area (Å²) >= 11 is 2.07. The first-order chi connectivity index (χ1) is 7.38. The highest BCUT2D eigenvalue weighted by atomic mass is 32.2. The van der Waals surface area contributed by atoms with Gasteiger partial charge in [0.15, 0.2) is 0 Å². The van der Waals surface area contributed by atoms with Crippen molar-refractivity contribution >= 4 is 22.5 Å². The van der Waals surface area contributed by atoms with Gasteiger partial charge in [-0.2, -0.15) is 0 Å². The Morgan fingerprint density at radius 2 is 2.07 bits per heavy atom. The van der Waals surface area contributed by atoms with Gasteiger partial charge in [0.1, 0.15) is 0 Å². The van der Waals surface area contributed by atoms with E-state index in [1.807, 2.05) is 0 Å². The topological polar surface area (TPSA) is 0 Å². The molecule has 0 bridgehead atoms. The molecule has 0 saturated carbocycles. The van der Waals surface area contributed by atoms with Crippen LogP contribution < -0.4 is 0 Å². The lowest BCUT2D eigenvalue weighted by Gasteiger charge is -2.04. The summed E-state index contributed by atoms with van der Waals surface area (Å²) in [7, 11) is 0. The first kappa shape index (κ1) is 9.29. The lowest BCUT2D eigenvalue weighted by molar-refractivity contribution is 0.831. The molecule has 1 aliphatic heterocycles. The smallest absolute Gasteiger partial charge is 0.0186 e. The average Bonchev–Trinajstić information content (AvgIpc) is 2.72. The van der Waals surface area contributed by atoms with Gasteiger partial charge in [-0.15, -0.1) is 11.8 Å². The molecule has 1 atom stereocenters. The molecule has 1 heteroatoms. The third-order valence-electron chi connectivity index (χ3n) is 3.15. The molecule has 0 N–H and O–H groups in total. The zero-order chi connectivity index (χ0) is 10.3. The number of thioether (sulfide) groups is 1. The fourth-order valence-corrected chi connectivity index (χ4v) is 3.65. The average molecular weight is 214 g/mol. The van der Waals surface area contributed by atoms with Crippen molar-refractivity contribution in [2.45, 2.75) is 29.9 Å². The Kier molecular flexibility index (Phi) is 2.21. The lowest BCUT2D eigenvalue weighted by Crippen LogP contribution is -1.96. The number of hydrogen-bond donors (Lipinski definition) is 0. The van der Waals surface area contributed by atoms with Gasteiger partial charge in [0.2, 0.25) is 0 Å². The minimum atomic E-state index is 0.797.